The largest absolute Gasteiger partial charge is 0.335 e. The van der Waals surface area contributed by atoms with Crippen LogP contribution in [0.3, 0.4) is 0 Å². The maximum atomic E-state index is 12.3. The van der Waals surface area contributed by atoms with Crippen molar-refractivity contribution in [3.8, 4) is 0 Å². The molecule has 1 aliphatic heterocycles. The summed E-state index contributed by atoms with van der Waals surface area (Å²) in [6, 6.07) is 0.330. The van der Waals surface area contributed by atoms with Gasteiger partial charge < -0.3 is 15.1 Å². The Morgan fingerprint density at radius 3 is 2.41 bits per heavy atom. The summed E-state index contributed by atoms with van der Waals surface area (Å²) in [5.74, 6) is -0.0962. The first kappa shape index (κ1) is 15.2. The van der Waals surface area contributed by atoms with Gasteiger partial charge in [0.1, 0.15) is 0 Å². The van der Waals surface area contributed by atoms with Crippen LogP contribution in [0, 0.1) is 0 Å². The Balaban J connectivity index is 1.46. The third-order valence-electron chi connectivity index (χ3n) is 4.37. The minimum atomic E-state index is -0.0962. The van der Waals surface area contributed by atoms with Crippen LogP contribution >= 0.6 is 11.5 Å². The first-order valence-electron chi connectivity index (χ1n) is 7.86. The van der Waals surface area contributed by atoms with E-state index >= 15 is 0 Å². The molecule has 2 fully saturated rings. The topological polar surface area (TPSA) is 78.4 Å². The highest BCUT2D eigenvalue weighted by molar-refractivity contribution is 7.03. The Kier molecular flexibility index (Phi) is 4.87. The molecule has 1 aliphatic carbocycles. The van der Waals surface area contributed by atoms with Gasteiger partial charge in [0.05, 0.1) is 0 Å². The molecular formula is C14H21N5O2S. The minimum Gasteiger partial charge on any atom is -0.335 e. The number of aromatic nitrogens is 2. The van der Waals surface area contributed by atoms with Gasteiger partial charge in [0.15, 0.2) is 5.69 Å². The number of urea groups is 1. The Morgan fingerprint density at radius 1 is 1.09 bits per heavy atom. The molecule has 3 amide bonds. The normalized spacial score (nSPS) is 20.0. The van der Waals surface area contributed by atoms with Crippen LogP contribution < -0.4 is 5.32 Å². The fourth-order valence-electron chi connectivity index (χ4n) is 3.05. The zero-order chi connectivity index (χ0) is 15.4. The summed E-state index contributed by atoms with van der Waals surface area (Å²) in [5, 5.41) is 8.59. The summed E-state index contributed by atoms with van der Waals surface area (Å²) in [5.41, 5.74) is 0.394. The highest BCUT2D eigenvalue weighted by Gasteiger charge is 2.27. The fourth-order valence-corrected chi connectivity index (χ4v) is 3.48. The first-order valence-corrected chi connectivity index (χ1v) is 8.69. The average Bonchev–Trinajstić information content (AvgIpc) is 3.10. The van der Waals surface area contributed by atoms with Gasteiger partial charge in [-0.1, -0.05) is 23.8 Å². The molecule has 0 bridgehead atoms. The van der Waals surface area contributed by atoms with E-state index in [2.05, 4.69) is 14.9 Å². The number of nitrogens with zero attached hydrogens (tertiary/aromatic N) is 4. The molecule has 0 atom stereocenters. The Morgan fingerprint density at radius 2 is 1.77 bits per heavy atom. The van der Waals surface area contributed by atoms with Crippen molar-refractivity contribution in [1.29, 1.82) is 0 Å². The van der Waals surface area contributed by atoms with Gasteiger partial charge in [-0.2, -0.15) is 0 Å². The van der Waals surface area contributed by atoms with E-state index in [9.17, 15) is 9.59 Å². The number of hydrogen-bond acceptors (Lipinski definition) is 5. The fraction of sp³-hybridized carbons (Fsp3) is 0.714. The van der Waals surface area contributed by atoms with Gasteiger partial charge in [-0.15, -0.1) is 5.10 Å². The van der Waals surface area contributed by atoms with Crippen molar-refractivity contribution >= 4 is 23.5 Å². The van der Waals surface area contributed by atoms with Crippen LogP contribution in [0.1, 0.15) is 42.6 Å². The van der Waals surface area contributed by atoms with Crippen LogP contribution in [0.5, 0.6) is 0 Å². The van der Waals surface area contributed by atoms with Crippen molar-refractivity contribution in [2.45, 2.75) is 38.1 Å². The Bertz CT molecular complexity index is 507. The summed E-state index contributed by atoms with van der Waals surface area (Å²) in [4.78, 5) is 28.0. The van der Waals surface area contributed by atoms with Crippen molar-refractivity contribution in [1.82, 2.24) is 24.7 Å². The summed E-state index contributed by atoms with van der Waals surface area (Å²) in [6.07, 6.45) is 5.85. The van der Waals surface area contributed by atoms with Gasteiger partial charge in [-0.05, 0) is 24.4 Å². The Labute approximate surface area is 133 Å². The van der Waals surface area contributed by atoms with Gasteiger partial charge >= 0.3 is 6.03 Å². The van der Waals surface area contributed by atoms with Crippen LogP contribution in [-0.2, 0) is 0 Å². The second-order valence-electron chi connectivity index (χ2n) is 5.85. The average molecular weight is 323 g/mol. The molecule has 7 nitrogen and oxygen atoms in total. The Hall–Kier alpha value is -1.70. The lowest BCUT2D eigenvalue weighted by Crippen LogP contribution is -2.54. The molecule has 1 saturated carbocycles. The van der Waals surface area contributed by atoms with Crippen molar-refractivity contribution in [2.24, 2.45) is 0 Å². The number of rotatable bonds is 2. The molecule has 0 spiro atoms. The molecule has 3 rings (SSSR count). The summed E-state index contributed by atoms with van der Waals surface area (Å²) in [6.45, 7) is 2.24. The van der Waals surface area contributed by atoms with Gasteiger partial charge in [-0.3, -0.25) is 4.79 Å². The predicted octanol–water partition coefficient (Wildman–Crippen LogP) is 1.34. The molecule has 0 unspecified atom stereocenters. The van der Waals surface area contributed by atoms with E-state index in [0.29, 0.717) is 37.9 Å². The SMILES string of the molecule is O=C(NC1CCCCC1)N1CCN(C(=O)c2csnn2)CC1. The maximum absolute atomic E-state index is 12.3. The summed E-state index contributed by atoms with van der Waals surface area (Å²) >= 11 is 1.17. The van der Waals surface area contributed by atoms with Gasteiger partial charge in [-0.25, -0.2) is 4.79 Å². The number of hydrogen-bond donors (Lipinski definition) is 1. The number of nitrogens with one attached hydrogen (secondary N) is 1. The standard InChI is InChI=1S/C14H21N5O2S/c20-13(12-10-22-17-16-12)18-6-8-19(9-7-18)14(21)15-11-4-2-1-3-5-11/h10-11H,1-9H2,(H,15,21). The van der Waals surface area contributed by atoms with E-state index in [-0.39, 0.29) is 11.9 Å². The zero-order valence-corrected chi connectivity index (χ0v) is 13.3. The van der Waals surface area contributed by atoms with Crippen LogP contribution in [0.4, 0.5) is 4.79 Å². The molecule has 22 heavy (non-hydrogen) atoms. The monoisotopic (exact) mass is 323 g/mol. The van der Waals surface area contributed by atoms with Crippen LogP contribution in [0.15, 0.2) is 5.38 Å². The first-order chi connectivity index (χ1) is 10.7. The van der Waals surface area contributed by atoms with Gasteiger partial charge in [0, 0.05) is 37.6 Å². The molecule has 0 aromatic carbocycles. The minimum absolute atomic E-state index is 0.00863. The lowest BCUT2D eigenvalue weighted by Gasteiger charge is -2.35. The molecule has 2 aliphatic rings. The molecule has 1 N–H and O–H groups in total. The number of amides is 3. The van der Waals surface area contributed by atoms with E-state index in [4.69, 9.17) is 0 Å². The maximum Gasteiger partial charge on any atom is 0.317 e. The molecule has 1 saturated heterocycles. The molecule has 8 heteroatoms. The molecule has 1 aromatic rings. The van der Waals surface area contributed by atoms with Crippen LogP contribution in [0.25, 0.3) is 0 Å². The van der Waals surface area contributed by atoms with Crippen LogP contribution in [-0.4, -0.2) is 63.5 Å². The number of carbonyl (C=O) groups excluding carboxylic acids is 2. The van der Waals surface area contributed by atoms with E-state index in [1.165, 1.54) is 30.8 Å². The van der Waals surface area contributed by atoms with Crippen molar-refractivity contribution in [3.63, 3.8) is 0 Å². The lowest BCUT2D eigenvalue weighted by molar-refractivity contribution is 0.0657. The quantitative estimate of drug-likeness (QED) is 0.891. The number of carbonyl (C=O) groups is 2. The molecule has 2 heterocycles. The van der Waals surface area contributed by atoms with Gasteiger partial charge in [0.25, 0.3) is 5.91 Å². The second kappa shape index (κ2) is 7.04. The van der Waals surface area contributed by atoms with Crippen molar-refractivity contribution < 1.29 is 9.59 Å². The highest BCUT2D eigenvalue weighted by atomic mass is 32.1. The predicted molar refractivity (Wildman–Crippen MR) is 82.8 cm³/mol. The smallest absolute Gasteiger partial charge is 0.317 e. The van der Waals surface area contributed by atoms with E-state index in [0.717, 1.165) is 12.8 Å². The second-order valence-corrected chi connectivity index (χ2v) is 6.46. The third-order valence-corrected chi connectivity index (χ3v) is 4.87. The molecule has 0 radical (unpaired) electrons. The van der Waals surface area contributed by atoms with E-state index in [1.807, 2.05) is 0 Å². The third kappa shape index (κ3) is 3.55. The lowest BCUT2D eigenvalue weighted by atomic mass is 9.96. The van der Waals surface area contributed by atoms with E-state index < -0.39 is 0 Å². The summed E-state index contributed by atoms with van der Waals surface area (Å²) < 4.78 is 3.72. The van der Waals surface area contributed by atoms with E-state index in [1.54, 1.807) is 15.2 Å². The molecular weight excluding hydrogens is 302 g/mol. The summed E-state index contributed by atoms with van der Waals surface area (Å²) in [7, 11) is 0. The van der Waals surface area contributed by atoms with Gasteiger partial charge in [0.2, 0.25) is 0 Å². The van der Waals surface area contributed by atoms with Crippen molar-refractivity contribution in [2.75, 3.05) is 26.2 Å². The molecule has 1 aromatic heterocycles. The van der Waals surface area contributed by atoms with Crippen molar-refractivity contribution in [3.05, 3.63) is 11.1 Å². The molecule has 120 valence electrons. The zero-order valence-electron chi connectivity index (χ0n) is 12.5. The number of piperazine rings is 1. The highest BCUT2D eigenvalue weighted by Crippen LogP contribution is 2.18. The van der Waals surface area contributed by atoms with Crippen LogP contribution in [0.2, 0.25) is 0 Å².